The standard InChI is InChI=1S/C27H20N6O4/c34-22-13-37-21-8-5-15(9-19(21)32-22)11-29-27(36)25-24-23(30-14-31-25)20(12-28-24)33-26(35)18-7-6-16-3-1-2-4-17(16)10-18/h1-10,12,14,28H,11,13H2,(H,29,36)(H,32,34)(H,33,35). The Balaban J connectivity index is 1.19. The molecular weight excluding hydrogens is 472 g/mol. The second-order valence-electron chi connectivity index (χ2n) is 8.51. The molecule has 4 N–H and O–H groups in total. The van der Waals surface area contributed by atoms with Crippen molar-refractivity contribution in [1.29, 1.82) is 0 Å². The number of fused-ring (bicyclic) bond motifs is 3. The second kappa shape index (κ2) is 9.08. The van der Waals surface area contributed by atoms with Crippen LogP contribution < -0.4 is 20.7 Å². The van der Waals surface area contributed by atoms with E-state index in [4.69, 9.17) is 4.74 Å². The van der Waals surface area contributed by atoms with E-state index in [2.05, 4.69) is 30.9 Å². The quantitative estimate of drug-likeness (QED) is 0.296. The van der Waals surface area contributed by atoms with E-state index >= 15 is 0 Å². The first-order chi connectivity index (χ1) is 18.0. The van der Waals surface area contributed by atoms with Crippen molar-refractivity contribution in [2.24, 2.45) is 0 Å². The van der Waals surface area contributed by atoms with Gasteiger partial charge in [0.2, 0.25) is 0 Å². The lowest BCUT2D eigenvalue weighted by atomic mass is 10.1. The van der Waals surface area contributed by atoms with Crippen LogP contribution in [0.25, 0.3) is 21.8 Å². The fourth-order valence-electron chi connectivity index (χ4n) is 4.24. The van der Waals surface area contributed by atoms with Gasteiger partial charge in [-0.1, -0.05) is 36.4 Å². The Labute approximate surface area is 210 Å². The molecule has 0 fully saturated rings. The van der Waals surface area contributed by atoms with Crippen LogP contribution in [0, 0.1) is 0 Å². The van der Waals surface area contributed by atoms with Crippen LogP contribution in [0.1, 0.15) is 26.4 Å². The summed E-state index contributed by atoms with van der Waals surface area (Å²) in [5.41, 5.74) is 3.25. The average Bonchev–Trinajstić information content (AvgIpc) is 3.33. The first kappa shape index (κ1) is 22.2. The summed E-state index contributed by atoms with van der Waals surface area (Å²) >= 11 is 0. The van der Waals surface area contributed by atoms with E-state index in [0.29, 0.717) is 33.7 Å². The number of carbonyl (C=O) groups excluding carboxylic acids is 3. The van der Waals surface area contributed by atoms with Crippen molar-refractivity contribution in [3.05, 3.63) is 90.0 Å². The van der Waals surface area contributed by atoms with Crippen LogP contribution >= 0.6 is 0 Å². The molecule has 182 valence electrons. The molecular formula is C27H20N6O4. The van der Waals surface area contributed by atoms with Crippen LogP contribution in [0.15, 0.2) is 73.2 Å². The van der Waals surface area contributed by atoms with Gasteiger partial charge in [0.15, 0.2) is 12.3 Å². The number of amides is 3. The molecule has 3 heterocycles. The maximum atomic E-state index is 12.9. The largest absolute Gasteiger partial charge is 0.482 e. The average molecular weight is 492 g/mol. The summed E-state index contributed by atoms with van der Waals surface area (Å²) in [6.07, 6.45) is 2.86. The molecule has 0 saturated carbocycles. The second-order valence-corrected chi connectivity index (χ2v) is 8.51. The van der Waals surface area contributed by atoms with Crippen LogP contribution in [0.4, 0.5) is 11.4 Å². The SMILES string of the molecule is O=C1COc2ccc(CNC(=O)c3ncnc4c(NC(=O)c5ccc6ccccc6c5)c[nH]c34)cc2N1. The number of nitrogens with zero attached hydrogens (tertiary/aromatic N) is 2. The van der Waals surface area contributed by atoms with Crippen molar-refractivity contribution in [3.63, 3.8) is 0 Å². The Kier molecular flexibility index (Phi) is 5.45. The number of carbonyl (C=O) groups is 3. The fraction of sp³-hybridized carbons (Fsp3) is 0.0741. The molecule has 5 aromatic rings. The summed E-state index contributed by atoms with van der Waals surface area (Å²) in [4.78, 5) is 48.8. The summed E-state index contributed by atoms with van der Waals surface area (Å²) < 4.78 is 5.36. The van der Waals surface area contributed by atoms with E-state index in [1.807, 2.05) is 36.4 Å². The highest BCUT2D eigenvalue weighted by molar-refractivity contribution is 6.12. The van der Waals surface area contributed by atoms with Crippen LogP contribution in [0.3, 0.4) is 0 Å². The topological polar surface area (TPSA) is 138 Å². The molecule has 0 atom stereocenters. The maximum absolute atomic E-state index is 12.9. The van der Waals surface area contributed by atoms with Crippen molar-refractivity contribution in [2.45, 2.75) is 6.54 Å². The predicted octanol–water partition coefficient (Wildman–Crippen LogP) is 3.62. The van der Waals surface area contributed by atoms with E-state index < -0.39 is 5.91 Å². The Morgan fingerprint density at radius 2 is 1.84 bits per heavy atom. The minimum atomic E-state index is -0.417. The number of H-pyrrole nitrogens is 1. The van der Waals surface area contributed by atoms with E-state index in [1.165, 1.54) is 6.33 Å². The van der Waals surface area contributed by atoms with Gasteiger partial charge in [0.1, 0.15) is 17.6 Å². The van der Waals surface area contributed by atoms with Gasteiger partial charge in [0.05, 0.1) is 16.9 Å². The van der Waals surface area contributed by atoms with Crippen LogP contribution in [0.5, 0.6) is 5.75 Å². The molecule has 3 aromatic carbocycles. The number of aromatic nitrogens is 3. The van der Waals surface area contributed by atoms with Gasteiger partial charge in [-0.2, -0.15) is 0 Å². The number of anilines is 2. The molecule has 0 radical (unpaired) electrons. The monoisotopic (exact) mass is 492 g/mol. The minimum Gasteiger partial charge on any atom is -0.482 e. The molecule has 2 aromatic heterocycles. The highest BCUT2D eigenvalue weighted by Crippen LogP contribution is 2.28. The van der Waals surface area contributed by atoms with Crippen molar-refractivity contribution >= 4 is 50.9 Å². The lowest BCUT2D eigenvalue weighted by Gasteiger charge is -2.18. The molecule has 10 nitrogen and oxygen atoms in total. The molecule has 1 aliphatic rings. The first-order valence-corrected chi connectivity index (χ1v) is 11.5. The van der Waals surface area contributed by atoms with Crippen molar-refractivity contribution in [2.75, 3.05) is 17.2 Å². The third kappa shape index (κ3) is 4.31. The van der Waals surface area contributed by atoms with E-state index in [9.17, 15) is 14.4 Å². The van der Waals surface area contributed by atoms with Gasteiger partial charge in [0.25, 0.3) is 17.7 Å². The zero-order valence-electron chi connectivity index (χ0n) is 19.4. The van der Waals surface area contributed by atoms with Gasteiger partial charge in [-0.05, 0) is 40.6 Å². The highest BCUT2D eigenvalue weighted by Gasteiger charge is 2.19. The molecule has 0 unspecified atom stereocenters. The lowest BCUT2D eigenvalue weighted by molar-refractivity contribution is -0.118. The molecule has 0 bridgehead atoms. The molecule has 37 heavy (non-hydrogen) atoms. The molecule has 0 saturated heterocycles. The smallest absolute Gasteiger partial charge is 0.272 e. The zero-order chi connectivity index (χ0) is 25.4. The Morgan fingerprint density at radius 1 is 0.973 bits per heavy atom. The van der Waals surface area contributed by atoms with Gasteiger partial charge >= 0.3 is 0 Å². The number of benzene rings is 3. The van der Waals surface area contributed by atoms with Gasteiger partial charge < -0.3 is 25.7 Å². The third-order valence-electron chi connectivity index (χ3n) is 6.07. The van der Waals surface area contributed by atoms with E-state index in [0.717, 1.165) is 16.3 Å². The summed E-state index contributed by atoms with van der Waals surface area (Å²) in [6, 6.07) is 18.6. The fourth-order valence-corrected chi connectivity index (χ4v) is 4.24. The lowest BCUT2D eigenvalue weighted by Crippen LogP contribution is -2.26. The summed E-state index contributed by atoms with van der Waals surface area (Å²) in [5, 5.41) is 10.4. The van der Waals surface area contributed by atoms with Gasteiger partial charge in [-0.25, -0.2) is 9.97 Å². The maximum Gasteiger partial charge on any atom is 0.272 e. The van der Waals surface area contributed by atoms with Crippen molar-refractivity contribution in [1.82, 2.24) is 20.3 Å². The zero-order valence-corrected chi connectivity index (χ0v) is 19.4. The number of ether oxygens (including phenoxy) is 1. The van der Waals surface area contributed by atoms with Crippen LogP contribution in [-0.2, 0) is 11.3 Å². The number of hydrogen-bond donors (Lipinski definition) is 4. The first-order valence-electron chi connectivity index (χ1n) is 11.5. The van der Waals surface area contributed by atoms with E-state index in [1.54, 1.807) is 30.5 Å². The minimum absolute atomic E-state index is 0.0202. The number of nitrogens with one attached hydrogen (secondary N) is 4. The van der Waals surface area contributed by atoms with Gasteiger partial charge in [-0.15, -0.1) is 0 Å². The normalized spacial score (nSPS) is 12.5. The van der Waals surface area contributed by atoms with E-state index in [-0.39, 0.29) is 30.7 Å². The Morgan fingerprint density at radius 3 is 2.73 bits per heavy atom. The molecule has 3 amide bonds. The molecule has 0 aliphatic carbocycles. The van der Waals surface area contributed by atoms with Crippen molar-refractivity contribution < 1.29 is 19.1 Å². The molecule has 6 rings (SSSR count). The Hall–Kier alpha value is -5.25. The molecule has 1 aliphatic heterocycles. The number of aromatic amines is 1. The highest BCUT2D eigenvalue weighted by atomic mass is 16.5. The summed E-state index contributed by atoms with van der Waals surface area (Å²) in [7, 11) is 0. The number of rotatable bonds is 5. The molecule has 10 heteroatoms. The van der Waals surface area contributed by atoms with Crippen molar-refractivity contribution in [3.8, 4) is 5.75 Å². The Bertz CT molecular complexity index is 1710. The number of hydrogen-bond acceptors (Lipinski definition) is 6. The summed E-state index contributed by atoms with van der Waals surface area (Å²) in [5.74, 6) is -0.358. The summed E-state index contributed by atoms with van der Waals surface area (Å²) in [6.45, 7) is 0.188. The van der Waals surface area contributed by atoms with Gasteiger partial charge in [-0.3, -0.25) is 14.4 Å². The molecule has 0 spiro atoms. The predicted molar refractivity (Wildman–Crippen MR) is 138 cm³/mol. The van der Waals surface area contributed by atoms with Gasteiger partial charge in [0, 0.05) is 18.3 Å². The van der Waals surface area contributed by atoms with Crippen LogP contribution in [0.2, 0.25) is 0 Å². The van der Waals surface area contributed by atoms with Crippen LogP contribution in [-0.4, -0.2) is 39.3 Å². The third-order valence-corrected chi connectivity index (χ3v) is 6.07.